The fraction of sp³-hybridized carbons (Fsp3) is 0.522. The molecule has 0 saturated heterocycles. The number of rotatable bonds is 13. The zero-order valence-electron chi connectivity index (χ0n) is 19.9. The molecule has 3 aromatic rings. The summed E-state index contributed by atoms with van der Waals surface area (Å²) in [7, 11) is 0. The summed E-state index contributed by atoms with van der Waals surface area (Å²) < 4.78 is 12.1. The number of hydrogen-bond donors (Lipinski definition) is 2. The SMILES string of the molecule is CCOC(=O)Cn1nnnc1[C@H](CC)N(CCCO)Cc1cc2cc(OCC)ccc2[nH]c1=O. The number of ether oxygens (including phenoxy) is 2. The van der Waals surface area contributed by atoms with Gasteiger partial charge in [0.2, 0.25) is 0 Å². The van der Waals surface area contributed by atoms with Crippen molar-refractivity contribution >= 4 is 16.9 Å². The zero-order valence-corrected chi connectivity index (χ0v) is 19.9. The lowest BCUT2D eigenvalue weighted by Crippen LogP contribution is -2.34. The molecule has 0 aliphatic carbocycles. The van der Waals surface area contributed by atoms with Crippen molar-refractivity contribution in [1.29, 1.82) is 0 Å². The Balaban J connectivity index is 1.93. The Labute approximate surface area is 197 Å². The standard InChI is InChI=1S/C23H32N6O5/c1-4-20(22-25-26-27-29(22)15-21(31)34-6-3)28(10-7-11-30)14-17-12-16-13-18(33-5-2)8-9-19(16)24-23(17)32/h8-9,12-13,20,30H,4-7,10-11,14-15H2,1-3H3,(H,24,32)/t20-/m0/s1. The lowest BCUT2D eigenvalue weighted by molar-refractivity contribution is -0.144. The van der Waals surface area contributed by atoms with Gasteiger partial charge in [-0.15, -0.1) is 5.10 Å². The molecule has 2 N–H and O–H groups in total. The van der Waals surface area contributed by atoms with Crippen LogP contribution >= 0.6 is 0 Å². The number of pyridine rings is 1. The fourth-order valence-corrected chi connectivity index (χ4v) is 3.94. The Bertz CT molecular complexity index is 1140. The van der Waals surface area contributed by atoms with Gasteiger partial charge in [0.25, 0.3) is 5.56 Å². The number of nitrogens with zero attached hydrogens (tertiary/aromatic N) is 5. The van der Waals surface area contributed by atoms with Crippen LogP contribution < -0.4 is 10.3 Å². The molecule has 1 aromatic carbocycles. The van der Waals surface area contributed by atoms with Crippen molar-refractivity contribution in [2.24, 2.45) is 0 Å². The number of tetrazole rings is 1. The van der Waals surface area contributed by atoms with Crippen molar-refractivity contribution in [3.05, 3.63) is 46.0 Å². The summed E-state index contributed by atoms with van der Waals surface area (Å²) in [6.45, 7) is 7.20. The van der Waals surface area contributed by atoms with E-state index in [2.05, 4.69) is 20.5 Å². The van der Waals surface area contributed by atoms with Gasteiger partial charge in [-0.25, -0.2) is 4.68 Å². The van der Waals surface area contributed by atoms with Crippen molar-refractivity contribution in [1.82, 2.24) is 30.1 Å². The molecule has 0 aliphatic heterocycles. The molecule has 1 atom stereocenters. The van der Waals surface area contributed by atoms with E-state index >= 15 is 0 Å². The maximum absolute atomic E-state index is 12.9. The Kier molecular flexibility index (Phi) is 9.11. The number of benzene rings is 1. The van der Waals surface area contributed by atoms with E-state index in [-0.39, 0.29) is 31.4 Å². The van der Waals surface area contributed by atoms with Gasteiger partial charge in [0.15, 0.2) is 5.82 Å². The molecule has 2 heterocycles. The molecule has 0 spiro atoms. The Morgan fingerprint density at radius 1 is 1.24 bits per heavy atom. The molecular weight excluding hydrogens is 440 g/mol. The van der Waals surface area contributed by atoms with E-state index in [1.165, 1.54) is 4.68 Å². The number of aliphatic hydroxyl groups excluding tert-OH is 1. The second-order valence-corrected chi connectivity index (χ2v) is 7.78. The van der Waals surface area contributed by atoms with Crippen LogP contribution in [0, 0.1) is 0 Å². The van der Waals surface area contributed by atoms with Crippen LogP contribution in [0.5, 0.6) is 5.75 Å². The van der Waals surface area contributed by atoms with Gasteiger partial charge in [-0.1, -0.05) is 6.92 Å². The molecule has 34 heavy (non-hydrogen) atoms. The van der Waals surface area contributed by atoms with Crippen molar-refractivity contribution in [2.75, 3.05) is 26.4 Å². The van der Waals surface area contributed by atoms with Crippen molar-refractivity contribution in [2.45, 2.75) is 52.7 Å². The molecule has 0 amide bonds. The lowest BCUT2D eigenvalue weighted by atomic mass is 10.1. The molecule has 0 radical (unpaired) electrons. The Morgan fingerprint density at radius 2 is 2.06 bits per heavy atom. The second kappa shape index (κ2) is 12.2. The van der Waals surface area contributed by atoms with Gasteiger partial charge in [-0.3, -0.25) is 14.5 Å². The summed E-state index contributed by atoms with van der Waals surface area (Å²) in [4.78, 5) is 29.9. The average Bonchev–Trinajstić information content (AvgIpc) is 3.26. The van der Waals surface area contributed by atoms with Gasteiger partial charge in [-0.2, -0.15) is 0 Å². The summed E-state index contributed by atoms with van der Waals surface area (Å²) in [5.41, 5.74) is 1.11. The molecule has 0 fully saturated rings. The lowest BCUT2D eigenvalue weighted by Gasteiger charge is -2.30. The van der Waals surface area contributed by atoms with E-state index in [0.29, 0.717) is 43.9 Å². The predicted octanol–water partition coefficient (Wildman–Crippen LogP) is 1.81. The number of fused-ring (bicyclic) bond motifs is 1. The number of H-pyrrole nitrogens is 1. The van der Waals surface area contributed by atoms with E-state index in [9.17, 15) is 14.7 Å². The minimum absolute atomic E-state index is 0.00644. The van der Waals surface area contributed by atoms with Crippen LogP contribution in [0.1, 0.15) is 51.0 Å². The van der Waals surface area contributed by atoms with Gasteiger partial charge >= 0.3 is 5.97 Å². The first kappa shape index (κ1) is 25.3. The number of nitrogens with one attached hydrogen (secondary N) is 1. The highest BCUT2D eigenvalue weighted by molar-refractivity contribution is 5.80. The van der Waals surface area contributed by atoms with Gasteiger partial charge in [0, 0.05) is 36.2 Å². The number of carbonyl (C=O) groups excluding carboxylic acids is 1. The maximum atomic E-state index is 12.9. The van der Waals surface area contributed by atoms with E-state index in [1.807, 2.05) is 43.0 Å². The first-order valence-corrected chi connectivity index (χ1v) is 11.6. The maximum Gasteiger partial charge on any atom is 0.327 e. The smallest absolute Gasteiger partial charge is 0.327 e. The largest absolute Gasteiger partial charge is 0.494 e. The number of aromatic amines is 1. The van der Waals surface area contributed by atoms with E-state index < -0.39 is 5.97 Å². The third-order valence-electron chi connectivity index (χ3n) is 5.45. The first-order valence-electron chi connectivity index (χ1n) is 11.6. The fourth-order valence-electron chi connectivity index (χ4n) is 3.94. The number of aromatic nitrogens is 5. The number of aliphatic hydroxyl groups is 1. The Morgan fingerprint density at radius 3 is 2.76 bits per heavy atom. The molecule has 2 aromatic heterocycles. The first-order chi connectivity index (χ1) is 16.5. The quantitative estimate of drug-likeness (QED) is 0.357. The average molecular weight is 473 g/mol. The number of esters is 1. The van der Waals surface area contributed by atoms with Crippen LogP contribution in [0.2, 0.25) is 0 Å². The molecule has 11 nitrogen and oxygen atoms in total. The summed E-state index contributed by atoms with van der Waals surface area (Å²) in [5.74, 6) is 0.808. The van der Waals surface area contributed by atoms with Crippen molar-refractivity contribution in [3.63, 3.8) is 0 Å². The minimum atomic E-state index is -0.427. The molecule has 3 rings (SSSR count). The summed E-state index contributed by atoms with van der Waals surface area (Å²) >= 11 is 0. The van der Waals surface area contributed by atoms with Crippen LogP contribution in [0.15, 0.2) is 29.1 Å². The molecule has 0 aliphatic rings. The van der Waals surface area contributed by atoms with Gasteiger partial charge in [0.05, 0.1) is 19.3 Å². The molecule has 0 saturated carbocycles. The normalized spacial score (nSPS) is 12.3. The van der Waals surface area contributed by atoms with Crippen LogP contribution in [-0.4, -0.2) is 67.5 Å². The zero-order chi connectivity index (χ0) is 24.5. The summed E-state index contributed by atoms with van der Waals surface area (Å²) in [6.07, 6.45) is 1.14. The highest BCUT2D eigenvalue weighted by atomic mass is 16.5. The minimum Gasteiger partial charge on any atom is -0.494 e. The Hall–Kier alpha value is -3.31. The third-order valence-corrected chi connectivity index (χ3v) is 5.45. The summed E-state index contributed by atoms with van der Waals surface area (Å²) in [5, 5.41) is 22.2. The molecule has 0 bridgehead atoms. The predicted molar refractivity (Wildman–Crippen MR) is 125 cm³/mol. The molecular formula is C23H32N6O5. The summed E-state index contributed by atoms with van der Waals surface area (Å²) in [6, 6.07) is 7.13. The van der Waals surface area contributed by atoms with E-state index in [0.717, 1.165) is 16.7 Å². The number of carbonyl (C=O) groups is 1. The van der Waals surface area contributed by atoms with Gasteiger partial charge in [-0.05, 0) is 61.4 Å². The molecule has 184 valence electrons. The molecule has 11 heteroatoms. The van der Waals surface area contributed by atoms with Crippen LogP contribution in [0.4, 0.5) is 0 Å². The van der Waals surface area contributed by atoms with Crippen molar-refractivity contribution in [3.8, 4) is 5.75 Å². The van der Waals surface area contributed by atoms with Crippen LogP contribution in [0.25, 0.3) is 10.9 Å². The molecule has 0 unspecified atom stereocenters. The second-order valence-electron chi connectivity index (χ2n) is 7.78. The van der Waals surface area contributed by atoms with Crippen molar-refractivity contribution < 1.29 is 19.4 Å². The highest BCUT2D eigenvalue weighted by Gasteiger charge is 2.26. The van der Waals surface area contributed by atoms with Gasteiger partial charge in [0.1, 0.15) is 12.3 Å². The van der Waals surface area contributed by atoms with Gasteiger partial charge < -0.3 is 19.6 Å². The van der Waals surface area contributed by atoms with Crippen LogP contribution in [0.3, 0.4) is 0 Å². The monoisotopic (exact) mass is 472 g/mol. The topological polar surface area (TPSA) is 135 Å². The number of hydrogen-bond acceptors (Lipinski definition) is 9. The van der Waals surface area contributed by atoms with E-state index in [1.54, 1.807) is 6.92 Å². The third kappa shape index (κ3) is 6.17. The van der Waals surface area contributed by atoms with Crippen LogP contribution in [-0.2, 0) is 22.6 Å². The highest BCUT2D eigenvalue weighted by Crippen LogP contribution is 2.25. The van der Waals surface area contributed by atoms with E-state index in [4.69, 9.17) is 9.47 Å².